The number of benzene rings is 1. The first-order chi connectivity index (χ1) is 9.91. The second kappa shape index (κ2) is 6.05. The molecule has 0 radical (unpaired) electrons. The molecule has 0 saturated heterocycles. The second-order valence-corrected chi connectivity index (χ2v) is 5.47. The minimum Gasteiger partial charge on any atom is -0.389 e. The molecular weight excluding hydrogens is 284 g/mol. The van der Waals surface area contributed by atoms with Crippen molar-refractivity contribution in [3.63, 3.8) is 0 Å². The molecule has 1 heterocycles. The predicted octanol–water partition coefficient (Wildman–Crippen LogP) is 2.23. The summed E-state index contributed by atoms with van der Waals surface area (Å²) in [5.74, 6) is 0.367. The molecule has 5 nitrogen and oxygen atoms in total. The van der Waals surface area contributed by atoms with Gasteiger partial charge in [0.1, 0.15) is 4.99 Å². The lowest BCUT2D eigenvalue weighted by Crippen LogP contribution is -2.29. The highest BCUT2D eigenvalue weighted by atomic mass is 32.1. The first-order valence-electron chi connectivity index (χ1n) is 6.62. The molecule has 0 spiro atoms. The molecule has 0 bridgehead atoms. The van der Waals surface area contributed by atoms with E-state index in [4.69, 9.17) is 18.0 Å². The van der Waals surface area contributed by atoms with Crippen molar-refractivity contribution in [2.24, 2.45) is 5.73 Å². The molecule has 0 unspecified atom stereocenters. The summed E-state index contributed by atoms with van der Waals surface area (Å²) >= 11 is 4.98. The van der Waals surface area contributed by atoms with Gasteiger partial charge in [0.05, 0.1) is 0 Å². The third-order valence-corrected chi connectivity index (χ3v) is 3.48. The lowest BCUT2D eigenvalue weighted by Gasteiger charge is -2.20. The first-order valence-corrected chi connectivity index (χ1v) is 7.03. The number of hydrogen-bond donors (Lipinski definition) is 1. The van der Waals surface area contributed by atoms with Crippen molar-refractivity contribution in [1.82, 2.24) is 9.55 Å². The SMILES string of the molecule is CC(C)n1ccnc(N(C)c2cccc(C(N)=S)c2)c1=O. The zero-order valence-corrected chi connectivity index (χ0v) is 13.1. The van der Waals surface area contributed by atoms with E-state index in [1.54, 1.807) is 28.9 Å². The Bertz CT molecular complexity index is 724. The molecule has 110 valence electrons. The van der Waals surface area contributed by atoms with Gasteiger partial charge in [-0.05, 0) is 26.0 Å². The zero-order valence-electron chi connectivity index (χ0n) is 12.3. The van der Waals surface area contributed by atoms with E-state index in [0.29, 0.717) is 10.8 Å². The van der Waals surface area contributed by atoms with Crippen molar-refractivity contribution in [2.45, 2.75) is 19.9 Å². The molecule has 0 saturated carbocycles. The highest BCUT2D eigenvalue weighted by Crippen LogP contribution is 2.20. The molecule has 0 amide bonds. The molecule has 0 aliphatic heterocycles. The summed E-state index contributed by atoms with van der Waals surface area (Å²) in [6.45, 7) is 3.91. The van der Waals surface area contributed by atoms with Crippen LogP contribution in [0, 0.1) is 0 Å². The lowest BCUT2D eigenvalue weighted by molar-refractivity contribution is 0.574. The van der Waals surface area contributed by atoms with Crippen molar-refractivity contribution in [3.8, 4) is 0 Å². The third kappa shape index (κ3) is 3.11. The molecule has 2 aromatic rings. The molecule has 2 N–H and O–H groups in total. The fraction of sp³-hybridized carbons (Fsp3) is 0.267. The largest absolute Gasteiger partial charge is 0.389 e. The van der Waals surface area contributed by atoms with Crippen LogP contribution in [0.15, 0.2) is 41.5 Å². The van der Waals surface area contributed by atoms with Gasteiger partial charge in [-0.3, -0.25) is 4.79 Å². The summed E-state index contributed by atoms with van der Waals surface area (Å²) in [5, 5.41) is 0. The Hall–Kier alpha value is -2.21. The van der Waals surface area contributed by atoms with Crippen molar-refractivity contribution < 1.29 is 0 Å². The average molecular weight is 302 g/mol. The van der Waals surface area contributed by atoms with E-state index < -0.39 is 0 Å². The molecule has 0 atom stereocenters. The Morgan fingerprint density at radius 1 is 1.43 bits per heavy atom. The summed E-state index contributed by atoms with van der Waals surface area (Å²) in [7, 11) is 1.80. The maximum atomic E-state index is 12.5. The number of hydrogen-bond acceptors (Lipinski definition) is 4. The van der Waals surface area contributed by atoms with Crippen LogP contribution in [0.3, 0.4) is 0 Å². The monoisotopic (exact) mass is 302 g/mol. The number of aromatic nitrogens is 2. The Morgan fingerprint density at radius 3 is 2.76 bits per heavy atom. The summed E-state index contributed by atoms with van der Waals surface area (Å²) < 4.78 is 1.65. The number of nitrogens with two attached hydrogens (primary N) is 1. The Balaban J connectivity index is 2.48. The van der Waals surface area contributed by atoms with Crippen molar-refractivity contribution in [2.75, 3.05) is 11.9 Å². The lowest BCUT2D eigenvalue weighted by atomic mass is 10.2. The molecule has 6 heteroatoms. The molecule has 1 aromatic heterocycles. The molecule has 21 heavy (non-hydrogen) atoms. The second-order valence-electron chi connectivity index (χ2n) is 5.03. The fourth-order valence-electron chi connectivity index (χ4n) is 2.04. The fourth-order valence-corrected chi connectivity index (χ4v) is 2.17. The van der Waals surface area contributed by atoms with Crippen LogP contribution in [0.2, 0.25) is 0 Å². The van der Waals surface area contributed by atoms with Crippen LogP contribution in [0.4, 0.5) is 11.5 Å². The van der Waals surface area contributed by atoms with Gasteiger partial charge in [0, 0.05) is 36.7 Å². The maximum absolute atomic E-state index is 12.5. The van der Waals surface area contributed by atoms with E-state index in [0.717, 1.165) is 11.3 Å². The van der Waals surface area contributed by atoms with E-state index in [2.05, 4.69) is 4.98 Å². The quantitative estimate of drug-likeness (QED) is 0.877. The standard InChI is InChI=1S/C15H18N4OS/c1-10(2)19-8-7-17-14(15(19)20)18(3)12-6-4-5-11(9-12)13(16)21/h4-10H,1-3H3,(H2,16,21). The Labute approximate surface area is 129 Å². The van der Waals surface area contributed by atoms with Gasteiger partial charge < -0.3 is 15.2 Å². The smallest absolute Gasteiger partial charge is 0.294 e. The maximum Gasteiger partial charge on any atom is 0.294 e. The summed E-state index contributed by atoms with van der Waals surface area (Å²) in [5.41, 5.74) is 7.09. The van der Waals surface area contributed by atoms with Gasteiger partial charge in [-0.2, -0.15) is 0 Å². The zero-order chi connectivity index (χ0) is 15.6. The van der Waals surface area contributed by atoms with E-state index in [1.165, 1.54) is 0 Å². The van der Waals surface area contributed by atoms with E-state index in [1.807, 2.05) is 38.1 Å². The van der Waals surface area contributed by atoms with Crippen LogP contribution in [0.1, 0.15) is 25.5 Å². The van der Waals surface area contributed by atoms with Crippen LogP contribution >= 0.6 is 12.2 Å². The van der Waals surface area contributed by atoms with Gasteiger partial charge >= 0.3 is 0 Å². The van der Waals surface area contributed by atoms with Gasteiger partial charge in [-0.15, -0.1) is 0 Å². The van der Waals surface area contributed by atoms with Crippen LogP contribution in [0.5, 0.6) is 0 Å². The van der Waals surface area contributed by atoms with Crippen LogP contribution in [-0.2, 0) is 0 Å². The third-order valence-electron chi connectivity index (χ3n) is 3.24. The predicted molar refractivity (Wildman–Crippen MR) is 89.3 cm³/mol. The van der Waals surface area contributed by atoms with Gasteiger partial charge in [0.2, 0.25) is 0 Å². The van der Waals surface area contributed by atoms with Gasteiger partial charge in [0.15, 0.2) is 5.82 Å². The summed E-state index contributed by atoms with van der Waals surface area (Å²) in [6, 6.07) is 7.50. The molecule has 0 aliphatic rings. The highest BCUT2D eigenvalue weighted by molar-refractivity contribution is 7.80. The number of rotatable bonds is 4. The number of thiocarbonyl (C=S) groups is 1. The van der Waals surface area contributed by atoms with Crippen LogP contribution < -0.4 is 16.2 Å². The summed E-state index contributed by atoms with van der Waals surface area (Å²) in [4.78, 5) is 18.7. The highest BCUT2D eigenvalue weighted by Gasteiger charge is 2.13. The minimum atomic E-state index is -0.129. The summed E-state index contributed by atoms with van der Waals surface area (Å²) in [6.07, 6.45) is 3.32. The number of anilines is 2. The first kappa shape index (κ1) is 15.2. The van der Waals surface area contributed by atoms with Crippen LogP contribution in [0.25, 0.3) is 0 Å². The molecule has 0 fully saturated rings. The van der Waals surface area contributed by atoms with Crippen molar-refractivity contribution in [1.29, 1.82) is 0 Å². The topological polar surface area (TPSA) is 64.2 Å². The minimum absolute atomic E-state index is 0.0793. The number of nitrogens with zero attached hydrogens (tertiary/aromatic N) is 3. The Kier molecular flexibility index (Phi) is 4.37. The van der Waals surface area contributed by atoms with Gasteiger partial charge in [-0.1, -0.05) is 24.4 Å². The molecular formula is C15H18N4OS. The molecule has 2 rings (SSSR count). The van der Waals surface area contributed by atoms with E-state index in [-0.39, 0.29) is 11.6 Å². The van der Waals surface area contributed by atoms with Gasteiger partial charge in [-0.25, -0.2) is 4.98 Å². The Morgan fingerprint density at radius 2 is 2.14 bits per heavy atom. The van der Waals surface area contributed by atoms with E-state index >= 15 is 0 Å². The molecule has 0 aliphatic carbocycles. The molecule has 1 aromatic carbocycles. The van der Waals surface area contributed by atoms with Crippen LogP contribution in [-0.4, -0.2) is 21.6 Å². The van der Waals surface area contributed by atoms with Crippen molar-refractivity contribution in [3.05, 3.63) is 52.6 Å². The van der Waals surface area contributed by atoms with Crippen molar-refractivity contribution >= 4 is 28.7 Å². The van der Waals surface area contributed by atoms with Gasteiger partial charge in [0.25, 0.3) is 5.56 Å². The normalized spacial score (nSPS) is 10.7. The van der Waals surface area contributed by atoms with E-state index in [9.17, 15) is 4.79 Å². The average Bonchev–Trinajstić information content (AvgIpc) is 2.46.